The number of rotatable bonds is 5. The molecule has 1 amide bonds. The minimum absolute atomic E-state index is 0.0805. The molecule has 4 aromatic rings. The molecule has 2 heterocycles. The van der Waals surface area contributed by atoms with Crippen LogP contribution in [0.2, 0.25) is 0 Å². The van der Waals surface area contributed by atoms with Crippen LogP contribution in [0.1, 0.15) is 36.7 Å². The maximum absolute atomic E-state index is 11.7. The molecule has 0 aliphatic rings. The van der Waals surface area contributed by atoms with Gasteiger partial charge in [-0.3, -0.25) is 4.79 Å². The van der Waals surface area contributed by atoms with Crippen molar-refractivity contribution in [3.8, 4) is 11.6 Å². The van der Waals surface area contributed by atoms with E-state index < -0.39 is 5.91 Å². The number of nitrogens with two attached hydrogens (primary N) is 1. The molecule has 4 N–H and O–H groups in total. The Balaban J connectivity index is 1.68. The van der Waals surface area contributed by atoms with E-state index in [0.717, 1.165) is 11.3 Å². The van der Waals surface area contributed by atoms with E-state index >= 15 is 0 Å². The highest BCUT2D eigenvalue weighted by atomic mass is 16.5. The normalized spacial score (nSPS) is 11.4. The maximum Gasteiger partial charge on any atom is 0.250 e. The van der Waals surface area contributed by atoms with Crippen LogP contribution >= 0.6 is 0 Å². The number of ether oxygens (including phenoxy) is 1. The molecular weight excluding hydrogens is 378 g/mol. The summed E-state index contributed by atoms with van der Waals surface area (Å²) in [7, 11) is 0. The van der Waals surface area contributed by atoms with Crippen molar-refractivity contribution < 1.29 is 9.53 Å². The number of carbonyl (C=O) groups is 1. The van der Waals surface area contributed by atoms with Crippen molar-refractivity contribution >= 4 is 28.6 Å². The largest absolute Gasteiger partial charge is 0.437 e. The lowest BCUT2D eigenvalue weighted by atomic mass is 9.86. The summed E-state index contributed by atoms with van der Waals surface area (Å²) >= 11 is 0. The summed E-state index contributed by atoms with van der Waals surface area (Å²) in [5.41, 5.74) is 8.67. The number of pyridine rings is 1. The van der Waals surface area contributed by atoms with Gasteiger partial charge in [0, 0.05) is 11.8 Å². The monoisotopic (exact) mass is 401 g/mol. The molecule has 0 saturated heterocycles. The van der Waals surface area contributed by atoms with Gasteiger partial charge in [0.2, 0.25) is 11.8 Å². The topological polar surface area (TPSA) is 106 Å². The smallest absolute Gasteiger partial charge is 0.250 e. The minimum Gasteiger partial charge on any atom is -0.437 e. The molecule has 0 radical (unpaired) electrons. The zero-order chi connectivity index (χ0) is 21.3. The molecule has 4 rings (SSSR count). The van der Waals surface area contributed by atoms with Gasteiger partial charge in [0.15, 0.2) is 0 Å². The summed E-state index contributed by atoms with van der Waals surface area (Å²) in [6, 6.07) is 16.8. The lowest BCUT2D eigenvalue weighted by Crippen LogP contribution is -2.12. The number of amides is 1. The first-order valence-electron chi connectivity index (χ1n) is 9.61. The predicted octanol–water partition coefficient (Wildman–Crippen LogP) is 4.89. The number of para-hydroxylation sites is 2. The summed E-state index contributed by atoms with van der Waals surface area (Å²) in [6.07, 6.45) is 1.67. The third-order valence-corrected chi connectivity index (χ3v) is 4.70. The Morgan fingerprint density at radius 2 is 1.87 bits per heavy atom. The number of aromatic amines is 1. The molecule has 0 spiro atoms. The number of H-pyrrole nitrogens is 1. The Bertz CT molecular complexity index is 1220. The molecule has 0 saturated carbocycles. The van der Waals surface area contributed by atoms with Gasteiger partial charge in [-0.15, -0.1) is 0 Å². The highest BCUT2D eigenvalue weighted by Gasteiger charge is 2.20. The minimum atomic E-state index is -0.525. The van der Waals surface area contributed by atoms with Crippen LogP contribution in [-0.2, 0) is 5.41 Å². The highest BCUT2D eigenvalue weighted by Crippen LogP contribution is 2.36. The first-order valence-corrected chi connectivity index (χ1v) is 9.61. The van der Waals surface area contributed by atoms with E-state index in [1.54, 1.807) is 18.3 Å². The summed E-state index contributed by atoms with van der Waals surface area (Å²) < 4.78 is 6.19. The lowest BCUT2D eigenvalue weighted by molar-refractivity contribution is 0.100. The molecule has 0 aliphatic heterocycles. The molecule has 7 nitrogen and oxygen atoms in total. The third kappa shape index (κ3) is 3.82. The van der Waals surface area contributed by atoms with Gasteiger partial charge in [-0.25, -0.2) is 9.97 Å². The molecule has 0 unspecified atom stereocenters. The van der Waals surface area contributed by atoms with Crippen molar-refractivity contribution in [1.82, 2.24) is 15.0 Å². The molecule has 2 aromatic heterocycles. The molecule has 0 atom stereocenters. The van der Waals surface area contributed by atoms with Gasteiger partial charge in [0.05, 0.1) is 11.1 Å². The van der Waals surface area contributed by atoms with Gasteiger partial charge in [-0.05, 0) is 35.7 Å². The predicted molar refractivity (Wildman–Crippen MR) is 117 cm³/mol. The standard InChI is InChI=1S/C23H23N5O2/c1-23(2,3)15-9-4-5-12-18(15)30-21-17(11-7-13-25-21)27-22-26-16-10-6-8-14(20(24)29)19(16)28-22/h4-13H,1-3H3,(H2,24,29)(H2,26,27,28). The van der Waals surface area contributed by atoms with Crippen LogP contribution in [-0.4, -0.2) is 20.9 Å². The second-order valence-electron chi connectivity index (χ2n) is 7.98. The van der Waals surface area contributed by atoms with Gasteiger partial charge in [-0.2, -0.15) is 0 Å². The van der Waals surface area contributed by atoms with Crippen LogP contribution in [0.15, 0.2) is 60.8 Å². The number of fused-ring (bicyclic) bond motifs is 1. The van der Waals surface area contributed by atoms with Crippen LogP contribution < -0.4 is 15.8 Å². The Hall–Kier alpha value is -3.87. The maximum atomic E-state index is 11.7. The van der Waals surface area contributed by atoms with Gasteiger partial charge in [0.1, 0.15) is 17.0 Å². The lowest BCUT2D eigenvalue weighted by Gasteiger charge is -2.22. The number of benzene rings is 2. The number of primary amides is 1. The molecule has 7 heteroatoms. The summed E-state index contributed by atoms with van der Waals surface area (Å²) in [4.78, 5) is 23.7. The fourth-order valence-corrected chi connectivity index (χ4v) is 3.26. The number of nitrogens with zero attached hydrogens (tertiary/aromatic N) is 2. The Morgan fingerprint density at radius 1 is 1.07 bits per heavy atom. The number of imidazole rings is 1. The van der Waals surface area contributed by atoms with Crippen LogP contribution in [0, 0.1) is 0 Å². The van der Waals surface area contributed by atoms with Crippen molar-refractivity contribution in [2.24, 2.45) is 5.73 Å². The SMILES string of the molecule is CC(C)(C)c1ccccc1Oc1ncccc1Nc1nc2c(C(N)=O)cccc2[nH]1. The second kappa shape index (κ2) is 7.51. The first-order chi connectivity index (χ1) is 14.3. The zero-order valence-corrected chi connectivity index (χ0v) is 17.1. The zero-order valence-electron chi connectivity index (χ0n) is 17.1. The van der Waals surface area contributed by atoms with E-state index in [1.165, 1.54) is 0 Å². The Kier molecular flexibility index (Phi) is 4.87. The Morgan fingerprint density at radius 3 is 2.63 bits per heavy atom. The van der Waals surface area contributed by atoms with Gasteiger partial charge in [0.25, 0.3) is 5.91 Å². The average molecular weight is 401 g/mol. The number of carbonyl (C=O) groups excluding carboxylic acids is 1. The molecule has 0 fully saturated rings. The van der Waals surface area contributed by atoms with E-state index in [9.17, 15) is 4.79 Å². The molecule has 0 aliphatic carbocycles. The van der Waals surface area contributed by atoms with Crippen LogP contribution in [0.3, 0.4) is 0 Å². The van der Waals surface area contributed by atoms with E-state index in [4.69, 9.17) is 10.5 Å². The van der Waals surface area contributed by atoms with Crippen molar-refractivity contribution in [3.05, 3.63) is 71.9 Å². The molecule has 0 bridgehead atoms. The number of hydrogen-bond acceptors (Lipinski definition) is 5. The number of nitrogens with one attached hydrogen (secondary N) is 2. The number of anilines is 2. The van der Waals surface area contributed by atoms with E-state index in [-0.39, 0.29) is 5.41 Å². The fourth-order valence-electron chi connectivity index (χ4n) is 3.26. The van der Waals surface area contributed by atoms with Gasteiger partial charge >= 0.3 is 0 Å². The molecular formula is C23H23N5O2. The van der Waals surface area contributed by atoms with Crippen molar-refractivity contribution in [3.63, 3.8) is 0 Å². The molecule has 30 heavy (non-hydrogen) atoms. The first kappa shape index (κ1) is 19.4. The summed E-state index contributed by atoms with van der Waals surface area (Å²) in [5, 5.41) is 3.20. The van der Waals surface area contributed by atoms with Gasteiger partial charge < -0.3 is 20.8 Å². The average Bonchev–Trinajstić information content (AvgIpc) is 3.11. The van der Waals surface area contributed by atoms with E-state index in [1.807, 2.05) is 36.4 Å². The van der Waals surface area contributed by atoms with Gasteiger partial charge in [-0.1, -0.05) is 45.0 Å². The van der Waals surface area contributed by atoms with Crippen molar-refractivity contribution in [2.45, 2.75) is 26.2 Å². The van der Waals surface area contributed by atoms with Crippen molar-refractivity contribution in [2.75, 3.05) is 5.32 Å². The van der Waals surface area contributed by atoms with Crippen LogP contribution in [0.25, 0.3) is 11.0 Å². The van der Waals surface area contributed by atoms with Crippen LogP contribution in [0.4, 0.5) is 11.6 Å². The number of hydrogen-bond donors (Lipinski definition) is 3. The highest BCUT2D eigenvalue weighted by molar-refractivity contribution is 6.04. The summed E-state index contributed by atoms with van der Waals surface area (Å²) in [6.45, 7) is 6.41. The second-order valence-corrected chi connectivity index (χ2v) is 7.98. The molecule has 2 aromatic carbocycles. The van der Waals surface area contributed by atoms with E-state index in [0.29, 0.717) is 34.1 Å². The summed E-state index contributed by atoms with van der Waals surface area (Å²) in [5.74, 6) is 1.10. The fraction of sp³-hybridized carbons (Fsp3) is 0.174. The Labute approximate surface area is 174 Å². The number of aromatic nitrogens is 3. The van der Waals surface area contributed by atoms with E-state index in [2.05, 4.69) is 47.1 Å². The van der Waals surface area contributed by atoms with Crippen LogP contribution in [0.5, 0.6) is 11.6 Å². The quantitative estimate of drug-likeness (QED) is 0.441. The third-order valence-electron chi connectivity index (χ3n) is 4.70. The van der Waals surface area contributed by atoms with Crippen molar-refractivity contribution in [1.29, 1.82) is 0 Å². The molecule has 152 valence electrons.